The van der Waals surface area contributed by atoms with Gasteiger partial charge in [-0.1, -0.05) is 6.07 Å². The fourth-order valence-electron chi connectivity index (χ4n) is 1.55. The summed E-state index contributed by atoms with van der Waals surface area (Å²) in [7, 11) is 0. The average Bonchev–Trinajstić information content (AvgIpc) is 2.66. The Morgan fingerprint density at radius 2 is 2.40 bits per heavy atom. The molecule has 2 heterocycles. The minimum atomic E-state index is 0.0825. The molecule has 2 nitrogen and oxygen atoms in total. The lowest BCUT2D eigenvalue weighted by atomic mass is 10.0. The lowest BCUT2D eigenvalue weighted by molar-refractivity contribution is 0.722. The van der Waals surface area contributed by atoms with Crippen molar-refractivity contribution in [3.05, 3.63) is 52.0 Å². The zero-order chi connectivity index (χ0) is 10.7. The van der Waals surface area contributed by atoms with Crippen LogP contribution in [0.5, 0.6) is 0 Å². The molecule has 2 N–H and O–H groups in total. The van der Waals surface area contributed by atoms with Crippen molar-refractivity contribution in [2.24, 2.45) is 5.73 Å². The molecule has 0 saturated heterocycles. The van der Waals surface area contributed by atoms with Crippen LogP contribution in [0.25, 0.3) is 0 Å². The number of aryl methyl sites for hydroxylation is 1. The first kappa shape index (κ1) is 10.3. The number of hydrogen-bond donors (Lipinski definition) is 1. The van der Waals surface area contributed by atoms with Gasteiger partial charge < -0.3 is 5.73 Å². The van der Waals surface area contributed by atoms with Gasteiger partial charge in [0.25, 0.3) is 0 Å². The molecular formula is C12H14N2S. The zero-order valence-electron chi connectivity index (χ0n) is 8.68. The molecule has 0 aromatic carbocycles. The van der Waals surface area contributed by atoms with E-state index in [1.807, 2.05) is 12.3 Å². The standard InChI is InChI=1S/C12H14N2S/c1-9-5-11(8-15-9)12(13)6-10-3-2-4-14-7-10/h2-5,7-8,12H,6,13H2,1H3. The Morgan fingerprint density at radius 3 is 3.00 bits per heavy atom. The van der Waals surface area contributed by atoms with E-state index in [1.54, 1.807) is 17.5 Å². The van der Waals surface area contributed by atoms with Crippen molar-refractivity contribution in [3.8, 4) is 0 Å². The first-order valence-electron chi connectivity index (χ1n) is 4.95. The molecule has 0 saturated carbocycles. The fourth-order valence-corrected chi connectivity index (χ4v) is 2.32. The molecule has 78 valence electrons. The quantitative estimate of drug-likeness (QED) is 0.860. The van der Waals surface area contributed by atoms with Gasteiger partial charge in [0.15, 0.2) is 0 Å². The molecule has 0 bridgehead atoms. The van der Waals surface area contributed by atoms with Gasteiger partial charge in [0.1, 0.15) is 0 Å². The highest BCUT2D eigenvalue weighted by molar-refractivity contribution is 7.10. The normalized spacial score (nSPS) is 12.7. The van der Waals surface area contributed by atoms with Gasteiger partial charge >= 0.3 is 0 Å². The van der Waals surface area contributed by atoms with Crippen molar-refractivity contribution in [1.82, 2.24) is 4.98 Å². The largest absolute Gasteiger partial charge is 0.324 e. The van der Waals surface area contributed by atoms with Crippen molar-refractivity contribution in [3.63, 3.8) is 0 Å². The summed E-state index contributed by atoms with van der Waals surface area (Å²) < 4.78 is 0. The molecule has 0 radical (unpaired) electrons. The second-order valence-corrected chi connectivity index (χ2v) is 4.78. The van der Waals surface area contributed by atoms with Crippen molar-refractivity contribution in [1.29, 1.82) is 0 Å². The minimum absolute atomic E-state index is 0.0825. The Morgan fingerprint density at radius 1 is 1.53 bits per heavy atom. The van der Waals surface area contributed by atoms with Gasteiger partial charge in [0.2, 0.25) is 0 Å². The van der Waals surface area contributed by atoms with E-state index in [2.05, 4.69) is 29.4 Å². The zero-order valence-corrected chi connectivity index (χ0v) is 9.50. The van der Waals surface area contributed by atoms with Gasteiger partial charge in [0.05, 0.1) is 0 Å². The third-order valence-corrected chi connectivity index (χ3v) is 3.24. The highest BCUT2D eigenvalue weighted by atomic mass is 32.1. The summed E-state index contributed by atoms with van der Waals surface area (Å²) in [5.74, 6) is 0. The monoisotopic (exact) mass is 218 g/mol. The number of nitrogens with two attached hydrogens (primary N) is 1. The number of hydrogen-bond acceptors (Lipinski definition) is 3. The predicted molar refractivity (Wildman–Crippen MR) is 63.9 cm³/mol. The smallest absolute Gasteiger partial charge is 0.0344 e. The van der Waals surface area contributed by atoms with E-state index in [-0.39, 0.29) is 6.04 Å². The molecule has 0 fully saturated rings. The highest BCUT2D eigenvalue weighted by Crippen LogP contribution is 2.21. The SMILES string of the molecule is Cc1cc(C(N)Cc2cccnc2)cs1. The van der Waals surface area contributed by atoms with Crippen molar-refractivity contribution in [2.45, 2.75) is 19.4 Å². The number of pyridine rings is 1. The molecule has 0 spiro atoms. The Hall–Kier alpha value is -1.19. The molecule has 2 aromatic heterocycles. The van der Waals surface area contributed by atoms with Crippen LogP contribution >= 0.6 is 11.3 Å². The molecule has 2 rings (SSSR count). The lowest BCUT2D eigenvalue weighted by Gasteiger charge is -2.09. The maximum atomic E-state index is 6.12. The molecule has 1 atom stereocenters. The third kappa shape index (κ3) is 2.64. The summed E-state index contributed by atoms with van der Waals surface area (Å²) >= 11 is 1.75. The molecule has 0 aliphatic carbocycles. The molecule has 3 heteroatoms. The number of aromatic nitrogens is 1. The van der Waals surface area contributed by atoms with Gasteiger partial charge in [-0.05, 0) is 42.0 Å². The first-order valence-corrected chi connectivity index (χ1v) is 5.83. The first-order chi connectivity index (χ1) is 7.25. The lowest BCUT2D eigenvalue weighted by Crippen LogP contribution is -2.12. The summed E-state index contributed by atoms with van der Waals surface area (Å²) in [6, 6.07) is 6.25. The summed E-state index contributed by atoms with van der Waals surface area (Å²) in [4.78, 5) is 5.40. The topological polar surface area (TPSA) is 38.9 Å². The number of thiophene rings is 1. The third-order valence-electron chi connectivity index (χ3n) is 2.36. The van der Waals surface area contributed by atoms with Gasteiger partial charge in [-0.2, -0.15) is 0 Å². The van der Waals surface area contributed by atoms with Crippen molar-refractivity contribution < 1.29 is 0 Å². The van der Waals surface area contributed by atoms with Crippen LogP contribution in [0.1, 0.15) is 22.0 Å². The molecule has 0 aliphatic heterocycles. The predicted octanol–water partition coefficient (Wildman–Crippen LogP) is 2.69. The van der Waals surface area contributed by atoms with Crippen molar-refractivity contribution >= 4 is 11.3 Å². The van der Waals surface area contributed by atoms with Gasteiger partial charge in [-0.15, -0.1) is 11.3 Å². The summed E-state index contributed by atoms with van der Waals surface area (Å²) in [6.45, 7) is 2.10. The minimum Gasteiger partial charge on any atom is -0.324 e. The maximum absolute atomic E-state index is 6.12. The van der Waals surface area contributed by atoms with E-state index in [4.69, 9.17) is 5.73 Å². The van der Waals surface area contributed by atoms with E-state index in [0.29, 0.717) is 0 Å². The van der Waals surface area contributed by atoms with E-state index < -0.39 is 0 Å². The Bertz CT molecular complexity index is 422. The molecule has 0 aliphatic rings. The molecule has 15 heavy (non-hydrogen) atoms. The van der Waals surface area contributed by atoms with Crippen LogP contribution in [0.3, 0.4) is 0 Å². The van der Waals surface area contributed by atoms with E-state index in [1.165, 1.54) is 16.0 Å². The van der Waals surface area contributed by atoms with Crippen LogP contribution in [0.2, 0.25) is 0 Å². The molecule has 1 unspecified atom stereocenters. The van der Waals surface area contributed by atoms with Crippen LogP contribution in [-0.2, 0) is 6.42 Å². The Labute approximate surface area is 93.8 Å². The van der Waals surface area contributed by atoms with E-state index >= 15 is 0 Å². The van der Waals surface area contributed by atoms with Crippen LogP contribution in [0, 0.1) is 6.92 Å². The summed E-state index contributed by atoms with van der Waals surface area (Å²) in [5, 5.41) is 2.14. The Balaban J connectivity index is 2.07. The van der Waals surface area contributed by atoms with Gasteiger partial charge in [0, 0.05) is 23.3 Å². The molecular weight excluding hydrogens is 204 g/mol. The average molecular weight is 218 g/mol. The highest BCUT2D eigenvalue weighted by Gasteiger charge is 2.08. The Kier molecular flexibility index (Phi) is 3.14. The molecule has 0 amide bonds. The van der Waals surface area contributed by atoms with Crippen molar-refractivity contribution in [2.75, 3.05) is 0 Å². The van der Waals surface area contributed by atoms with Crippen LogP contribution < -0.4 is 5.73 Å². The van der Waals surface area contributed by atoms with Crippen LogP contribution in [0.15, 0.2) is 36.0 Å². The number of nitrogens with zero attached hydrogens (tertiary/aromatic N) is 1. The van der Waals surface area contributed by atoms with Gasteiger partial charge in [-0.3, -0.25) is 4.98 Å². The second kappa shape index (κ2) is 4.55. The fraction of sp³-hybridized carbons (Fsp3) is 0.250. The summed E-state index contributed by atoms with van der Waals surface area (Å²) in [5.41, 5.74) is 8.53. The molecule has 2 aromatic rings. The van der Waals surface area contributed by atoms with Gasteiger partial charge in [-0.25, -0.2) is 0 Å². The second-order valence-electron chi connectivity index (χ2n) is 3.66. The van der Waals surface area contributed by atoms with Crippen LogP contribution in [0.4, 0.5) is 0 Å². The maximum Gasteiger partial charge on any atom is 0.0344 e. The van der Waals surface area contributed by atoms with E-state index in [9.17, 15) is 0 Å². The summed E-state index contributed by atoms with van der Waals surface area (Å²) in [6.07, 6.45) is 4.51. The number of rotatable bonds is 3. The van der Waals surface area contributed by atoms with E-state index in [0.717, 1.165) is 6.42 Å². The van der Waals surface area contributed by atoms with Crippen LogP contribution in [-0.4, -0.2) is 4.98 Å².